The Morgan fingerprint density at radius 3 is 2.20 bits per heavy atom. The standard InChI is InChI=1S/C25H29ClN2O7/c1-4-34-24(32)21(13-15(2)3)28-25(33)35-17-11-9-16(10-12-17)14-20(23(30)31)27-22(29)18-7-5-6-8-19(18)26/h5-12,15,20-21H,4,13-14H2,1-3H3,(H,27,29)(H,28,33)(H,30,31). The molecule has 0 fully saturated rings. The fourth-order valence-corrected chi connectivity index (χ4v) is 3.44. The van der Waals surface area contributed by atoms with Crippen molar-refractivity contribution in [2.45, 2.75) is 45.7 Å². The lowest BCUT2D eigenvalue weighted by molar-refractivity contribution is -0.146. The quantitative estimate of drug-likeness (QED) is 0.396. The second kappa shape index (κ2) is 13.3. The number of ether oxygens (including phenoxy) is 2. The Balaban J connectivity index is 1.99. The van der Waals surface area contributed by atoms with Gasteiger partial charge in [0.2, 0.25) is 0 Å². The average Bonchev–Trinajstić information content (AvgIpc) is 2.79. The van der Waals surface area contributed by atoms with Crippen LogP contribution in [0.3, 0.4) is 0 Å². The molecule has 0 heterocycles. The maximum absolute atomic E-state index is 12.4. The van der Waals surface area contributed by atoms with Gasteiger partial charge in [0.1, 0.15) is 17.8 Å². The Morgan fingerprint density at radius 2 is 1.63 bits per heavy atom. The highest BCUT2D eigenvalue weighted by Crippen LogP contribution is 2.17. The zero-order chi connectivity index (χ0) is 26.0. The van der Waals surface area contributed by atoms with Crippen LogP contribution in [0.1, 0.15) is 43.1 Å². The number of amides is 2. The van der Waals surface area contributed by atoms with Gasteiger partial charge in [0.25, 0.3) is 5.91 Å². The van der Waals surface area contributed by atoms with Crippen LogP contribution in [0.2, 0.25) is 5.02 Å². The number of aliphatic carboxylic acids is 1. The molecule has 0 bridgehead atoms. The average molecular weight is 505 g/mol. The first-order valence-corrected chi connectivity index (χ1v) is 11.5. The highest BCUT2D eigenvalue weighted by Gasteiger charge is 2.25. The lowest BCUT2D eigenvalue weighted by Gasteiger charge is -2.19. The molecule has 0 saturated heterocycles. The molecule has 2 amide bonds. The second-order valence-corrected chi connectivity index (χ2v) is 8.57. The molecule has 0 spiro atoms. The summed E-state index contributed by atoms with van der Waals surface area (Å²) in [6, 6.07) is 10.4. The van der Waals surface area contributed by atoms with E-state index >= 15 is 0 Å². The smallest absolute Gasteiger partial charge is 0.413 e. The van der Waals surface area contributed by atoms with E-state index in [1.165, 1.54) is 18.2 Å². The lowest BCUT2D eigenvalue weighted by atomic mass is 10.0. The minimum Gasteiger partial charge on any atom is -0.480 e. The Hall–Kier alpha value is -3.59. The third kappa shape index (κ3) is 8.94. The second-order valence-electron chi connectivity index (χ2n) is 8.16. The number of carbonyl (C=O) groups excluding carboxylic acids is 3. The number of hydrogen-bond acceptors (Lipinski definition) is 6. The number of halogens is 1. The van der Waals surface area contributed by atoms with Gasteiger partial charge in [-0.2, -0.15) is 0 Å². The van der Waals surface area contributed by atoms with E-state index in [-0.39, 0.29) is 35.3 Å². The van der Waals surface area contributed by atoms with Gasteiger partial charge in [-0.05, 0) is 49.1 Å². The van der Waals surface area contributed by atoms with Crippen molar-refractivity contribution in [2.24, 2.45) is 5.92 Å². The van der Waals surface area contributed by atoms with Crippen molar-refractivity contribution in [2.75, 3.05) is 6.61 Å². The van der Waals surface area contributed by atoms with E-state index in [1.807, 2.05) is 13.8 Å². The third-order valence-corrected chi connectivity index (χ3v) is 5.20. The van der Waals surface area contributed by atoms with E-state index in [9.17, 15) is 24.3 Å². The SMILES string of the molecule is CCOC(=O)C(CC(C)C)NC(=O)Oc1ccc(CC(NC(=O)c2ccccc2Cl)C(=O)O)cc1. The molecule has 0 aromatic heterocycles. The molecule has 2 rings (SSSR count). The normalized spacial score (nSPS) is 12.4. The summed E-state index contributed by atoms with van der Waals surface area (Å²) in [4.78, 5) is 48.5. The Bertz CT molecular complexity index is 1040. The maximum atomic E-state index is 12.4. The first-order chi connectivity index (χ1) is 16.6. The number of rotatable bonds is 11. The molecule has 2 aromatic rings. The summed E-state index contributed by atoms with van der Waals surface area (Å²) in [5.74, 6) is -2.00. The van der Waals surface area contributed by atoms with E-state index in [2.05, 4.69) is 10.6 Å². The van der Waals surface area contributed by atoms with Crippen molar-refractivity contribution in [1.82, 2.24) is 10.6 Å². The van der Waals surface area contributed by atoms with Crippen LogP contribution in [0, 0.1) is 5.92 Å². The zero-order valence-corrected chi connectivity index (χ0v) is 20.5. The molecule has 0 saturated carbocycles. The minimum atomic E-state index is -1.21. The van der Waals surface area contributed by atoms with Gasteiger partial charge in [0, 0.05) is 6.42 Å². The van der Waals surface area contributed by atoms with Crippen molar-refractivity contribution in [3.8, 4) is 5.75 Å². The molecule has 3 N–H and O–H groups in total. The van der Waals surface area contributed by atoms with Crippen LogP contribution in [-0.4, -0.2) is 47.7 Å². The lowest BCUT2D eigenvalue weighted by Crippen LogP contribution is -2.44. The number of carboxylic acid groups (broad SMARTS) is 1. The largest absolute Gasteiger partial charge is 0.480 e. The van der Waals surface area contributed by atoms with E-state index in [0.29, 0.717) is 12.0 Å². The van der Waals surface area contributed by atoms with Crippen LogP contribution in [0.5, 0.6) is 5.75 Å². The molecule has 0 aliphatic heterocycles. The summed E-state index contributed by atoms with van der Waals surface area (Å²) in [7, 11) is 0. The molecule has 35 heavy (non-hydrogen) atoms. The van der Waals surface area contributed by atoms with Crippen molar-refractivity contribution in [3.63, 3.8) is 0 Å². The van der Waals surface area contributed by atoms with Gasteiger partial charge in [0.05, 0.1) is 17.2 Å². The summed E-state index contributed by atoms with van der Waals surface area (Å²) < 4.78 is 10.2. The van der Waals surface area contributed by atoms with Gasteiger partial charge < -0.3 is 25.2 Å². The van der Waals surface area contributed by atoms with Gasteiger partial charge >= 0.3 is 18.0 Å². The van der Waals surface area contributed by atoms with Gasteiger partial charge in [-0.15, -0.1) is 0 Å². The highest BCUT2D eigenvalue weighted by molar-refractivity contribution is 6.33. The van der Waals surface area contributed by atoms with Crippen molar-refractivity contribution in [3.05, 3.63) is 64.7 Å². The highest BCUT2D eigenvalue weighted by atomic mass is 35.5. The number of carboxylic acids is 1. The van der Waals surface area contributed by atoms with Crippen LogP contribution >= 0.6 is 11.6 Å². The minimum absolute atomic E-state index is 0.00266. The summed E-state index contributed by atoms with van der Waals surface area (Å²) in [5, 5.41) is 14.7. The molecule has 0 aliphatic rings. The fraction of sp³-hybridized carbons (Fsp3) is 0.360. The van der Waals surface area contributed by atoms with Gasteiger partial charge in [-0.3, -0.25) is 4.79 Å². The summed E-state index contributed by atoms with van der Waals surface area (Å²) in [6.07, 6.45) is -0.424. The van der Waals surface area contributed by atoms with Crippen molar-refractivity contribution in [1.29, 1.82) is 0 Å². The molecular weight excluding hydrogens is 476 g/mol. The van der Waals surface area contributed by atoms with Crippen molar-refractivity contribution >= 4 is 35.5 Å². The molecule has 2 unspecified atom stereocenters. The molecule has 0 radical (unpaired) electrons. The first kappa shape index (κ1) is 27.7. The van der Waals surface area contributed by atoms with Crippen LogP contribution in [-0.2, 0) is 20.7 Å². The molecule has 10 heteroatoms. The molecular formula is C25H29ClN2O7. The van der Waals surface area contributed by atoms with Crippen molar-refractivity contribution < 1.29 is 33.8 Å². The monoisotopic (exact) mass is 504 g/mol. The summed E-state index contributed by atoms with van der Waals surface area (Å²) in [5.41, 5.74) is 0.766. The van der Waals surface area contributed by atoms with Crippen LogP contribution in [0.25, 0.3) is 0 Å². The van der Waals surface area contributed by atoms with E-state index < -0.39 is 36.0 Å². The number of benzene rings is 2. The molecule has 9 nitrogen and oxygen atoms in total. The van der Waals surface area contributed by atoms with Crippen LogP contribution in [0.15, 0.2) is 48.5 Å². The Labute approximate surface area is 208 Å². The van der Waals surface area contributed by atoms with Gasteiger partial charge in [0.15, 0.2) is 0 Å². The molecule has 2 atom stereocenters. The summed E-state index contributed by atoms with van der Waals surface area (Å²) >= 11 is 6.01. The Morgan fingerprint density at radius 1 is 0.971 bits per heavy atom. The topological polar surface area (TPSA) is 131 Å². The molecule has 188 valence electrons. The zero-order valence-electron chi connectivity index (χ0n) is 19.7. The Kier molecular flexibility index (Phi) is 10.5. The van der Waals surface area contributed by atoms with Crippen LogP contribution < -0.4 is 15.4 Å². The number of esters is 1. The van der Waals surface area contributed by atoms with E-state index in [1.54, 1.807) is 37.3 Å². The molecule has 0 aliphatic carbocycles. The first-order valence-electron chi connectivity index (χ1n) is 11.1. The van der Waals surface area contributed by atoms with Gasteiger partial charge in [-0.1, -0.05) is 49.7 Å². The predicted molar refractivity (Wildman–Crippen MR) is 130 cm³/mol. The maximum Gasteiger partial charge on any atom is 0.413 e. The van der Waals surface area contributed by atoms with E-state index in [4.69, 9.17) is 21.1 Å². The number of nitrogens with one attached hydrogen (secondary N) is 2. The summed E-state index contributed by atoms with van der Waals surface area (Å²) in [6.45, 7) is 5.71. The fourth-order valence-electron chi connectivity index (χ4n) is 3.22. The predicted octanol–water partition coefficient (Wildman–Crippen LogP) is 3.83. The van der Waals surface area contributed by atoms with E-state index in [0.717, 1.165) is 0 Å². The number of carbonyl (C=O) groups is 4. The number of hydrogen-bond donors (Lipinski definition) is 3. The van der Waals surface area contributed by atoms with Crippen LogP contribution in [0.4, 0.5) is 4.79 Å². The van der Waals surface area contributed by atoms with Gasteiger partial charge in [-0.25, -0.2) is 14.4 Å². The third-order valence-electron chi connectivity index (χ3n) is 4.87. The molecule has 2 aromatic carbocycles.